The smallest absolute Gasteiger partial charge is 0.320 e. The van der Waals surface area contributed by atoms with Crippen LogP contribution in [-0.4, -0.2) is 36.2 Å². The molecule has 76 valence electrons. The van der Waals surface area contributed by atoms with E-state index in [4.69, 9.17) is 10.8 Å². The van der Waals surface area contributed by atoms with Gasteiger partial charge in [0.25, 0.3) is 0 Å². The lowest BCUT2D eigenvalue weighted by Gasteiger charge is -2.06. The maximum absolute atomic E-state index is 10.7. The fourth-order valence-corrected chi connectivity index (χ4v) is 0.617. The number of hydrogen-bond acceptors (Lipinski definition) is 5. The summed E-state index contributed by atoms with van der Waals surface area (Å²) in [7, 11) is 0. The summed E-state index contributed by atoms with van der Waals surface area (Å²) in [5.74, 6) is 3.13. The van der Waals surface area contributed by atoms with Crippen LogP contribution in [0, 0.1) is 0 Å². The van der Waals surface area contributed by atoms with E-state index >= 15 is 0 Å². The molecule has 6 N–H and O–H groups in total. The highest BCUT2D eigenvalue weighted by Crippen LogP contribution is 1.85. The first-order valence-electron chi connectivity index (χ1n) is 3.64. The van der Waals surface area contributed by atoms with E-state index in [0.29, 0.717) is 0 Å². The van der Waals surface area contributed by atoms with E-state index in [-0.39, 0.29) is 19.6 Å². The van der Waals surface area contributed by atoms with Crippen molar-refractivity contribution in [2.75, 3.05) is 13.2 Å². The summed E-state index contributed by atoms with van der Waals surface area (Å²) in [6, 6.07) is -0.959. The molecule has 0 saturated heterocycles. The predicted molar refractivity (Wildman–Crippen MR) is 43.4 cm³/mol. The van der Waals surface area contributed by atoms with E-state index in [1.165, 1.54) is 0 Å². The Labute approximate surface area is 75.0 Å². The number of aliphatic carboxylic acids is 1. The van der Waals surface area contributed by atoms with Crippen molar-refractivity contribution in [3.63, 3.8) is 0 Å². The Balaban J connectivity index is 3.44. The number of hydrogen-bond donors (Lipinski definition) is 4. The number of carbonyl (C=O) groups is 2. The Morgan fingerprint density at radius 3 is 2.62 bits per heavy atom. The standard InChI is InChI=1S/C6H13N3O4/c7-4(6(11)12)1-2-9-5(10)3-13-8/h4H,1-3,7-8H2,(H,9,10)(H,11,12). The number of carboxylic acids is 1. The topological polar surface area (TPSA) is 128 Å². The number of nitrogens with two attached hydrogens (primary N) is 2. The quantitative estimate of drug-likeness (QED) is 0.352. The lowest BCUT2D eigenvalue weighted by molar-refractivity contribution is -0.138. The molecule has 0 radical (unpaired) electrons. The van der Waals surface area contributed by atoms with E-state index in [1.54, 1.807) is 0 Å². The highest BCUT2D eigenvalue weighted by molar-refractivity contribution is 5.77. The molecule has 13 heavy (non-hydrogen) atoms. The van der Waals surface area contributed by atoms with E-state index < -0.39 is 17.9 Å². The summed E-state index contributed by atoms with van der Waals surface area (Å²) >= 11 is 0. The lowest BCUT2D eigenvalue weighted by Crippen LogP contribution is -2.36. The van der Waals surface area contributed by atoms with Crippen LogP contribution in [0.15, 0.2) is 0 Å². The van der Waals surface area contributed by atoms with Gasteiger partial charge in [0.1, 0.15) is 12.6 Å². The number of carboxylic acid groups (broad SMARTS) is 1. The summed E-state index contributed by atoms with van der Waals surface area (Å²) in [5.41, 5.74) is 5.17. The van der Waals surface area contributed by atoms with Gasteiger partial charge in [-0.2, -0.15) is 0 Å². The molecule has 0 spiro atoms. The minimum Gasteiger partial charge on any atom is -0.480 e. The molecule has 0 saturated carbocycles. The van der Waals surface area contributed by atoms with Crippen LogP contribution in [0.5, 0.6) is 0 Å². The molecular formula is C6H13N3O4. The Kier molecular flexibility index (Phi) is 5.77. The second-order valence-electron chi connectivity index (χ2n) is 2.39. The molecule has 7 nitrogen and oxygen atoms in total. The maximum Gasteiger partial charge on any atom is 0.320 e. The van der Waals surface area contributed by atoms with Crippen molar-refractivity contribution in [1.82, 2.24) is 5.32 Å². The number of carbonyl (C=O) groups excluding carboxylic acids is 1. The van der Waals surface area contributed by atoms with Crippen molar-refractivity contribution in [1.29, 1.82) is 0 Å². The molecular weight excluding hydrogens is 178 g/mol. The first-order valence-corrected chi connectivity index (χ1v) is 3.64. The second-order valence-corrected chi connectivity index (χ2v) is 2.39. The van der Waals surface area contributed by atoms with Crippen molar-refractivity contribution in [3.8, 4) is 0 Å². The van der Waals surface area contributed by atoms with Gasteiger partial charge in [0.05, 0.1) is 0 Å². The van der Waals surface area contributed by atoms with E-state index in [0.717, 1.165) is 0 Å². The summed E-state index contributed by atoms with van der Waals surface area (Å²) in [4.78, 5) is 25.0. The largest absolute Gasteiger partial charge is 0.480 e. The van der Waals surface area contributed by atoms with Gasteiger partial charge in [-0.1, -0.05) is 0 Å². The van der Waals surface area contributed by atoms with Gasteiger partial charge in [-0.25, -0.2) is 5.90 Å². The Hall–Kier alpha value is -1.18. The number of rotatable bonds is 6. The Morgan fingerprint density at radius 2 is 2.15 bits per heavy atom. The third kappa shape index (κ3) is 6.02. The molecule has 0 fully saturated rings. The first-order chi connectivity index (χ1) is 6.07. The molecule has 1 amide bonds. The van der Waals surface area contributed by atoms with Crippen molar-refractivity contribution < 1.29 is 19.5 Å². The molecule has 0 aliphatic heterocycles. The molecule has 0 rings (SSSR count). The number of amides is 1. The zero-order valence-corrected chi connectivity index (χ0v) is 7.03. The fraction of sp³-hybridized carbons (Fsp3) is 0.667. The van der Waals surface area contributed by atoms with Gasteiger partial charge >= 0.3 is 5.97 Å². The average molecular weight is 191 g/mol. The molecule has 0 bridgehead atoms. The van der Waals surface area contributed by atoms with Crippen LogP contribution in [-0.2, 0) is 14.4 Å². The molecule has 0 aromatic carbocycles. The molecule has 1 unspecified atom stereocenters. The Morgan fingerprint density at radius 1 is 1.54 bits per heavy atom. The molecule has 0 aromatic rings. The minimum atomic E-state index is -1.09. The SMILES string of the molecule is NOCC(=O)NCCC(N)C(=O)O. The van der Waals surface area contributed by atoms with Gasteiger partial charge in [-0.3, -0.25) is 14.4 Å². The van der Waals surface area contributed by atoms with Gasteiger partial charge in [0.15, 0.2) is 0 Å². The highest BCUT2D eigenvalue weighted by Gasteiger charge is 2.10. The van der Waals surface area contributed by atoms with E-state index in [1.807, 2.05) is 0 Å². The van der Waals surface area contributed by atoms with Crippen LogP contribution in [0.2, 0.25) is 0 Å². The summed E-state index contributed by atoms with van der Waals surface area (Å²) in [6.07, 6.45) is 0.172. The fourth-order valence-electron chi connectivity index (χ4n) is 0.617. The number of nitrogens with one attached hydrogen (secondary N) is 1. The van der Waals surface area contributed by atoms with Crippen molar-refractivity contribution in [2.24, 2.45) is 11.6 Å². The first kappa shape index (κ1) is 11.8. The van der Waals surface area contributed by atoms with Gasteiger partial charge < -0.3 is 16.2 Å². The molecule has 0 aromatic heterocycles. The van der Waals surface area contributed by atoms with Crippen LogP contribution in [0.25, 0.3) is 0 Å². The normalized spacial score (nSPS) is 12.2. The van der Waals surface area contributed by atoms with Crippen LogP contribution in [0.4, 0.5) is 0 Å². The van der Waals surface area contributed by atoms with Gasteiger partial charge in [0, 0.05) is 6.54 Å². The van der Waals surface area contributed by atoms with Crippen LogP contribution in [0.1, 0.15) is 6.42 Å². The summed E-state index contributed by atoms with van der Waals surface area (Å²) in [5, 5.41) is 10.8. The highest BCUT2D eigenvalue weighted by atomic mass is 16.6. The van der Waals surface area contributed by atoms with Crippen LogP contribution in [0.3, 0.4) is 0 Å². The molecule has 0 aliphatic rings. The molecule has 0 aliphatic carbocycles. The van der Waals surface area contributed by atoms with Gasteiger partial charge in [-0.05, 0) is 6.42 Å². The van der Waals surface area contributed by atoms with Gasteiger partial charge in [-0.15, -0.1) is 0 Å². The molecule has 1 atom stereocenters. The third-order valence-corrected chi connectivity index (χ3v) is 1.31. The Bertz CT molecular complexity index is 185. The monoisotopic (exact) mass is 191 g/mol. The van der Waals surface area contributed by atoms with Crippen LogP contribution >= 0.6 is 0 Å². The van der Waals surface area contributed by atoms with Crippen LogP contribution < -0.4 is 16.9 Å². The second kappa shape index (κ2) is 6.35. The van der Waals surface area contributed by atoms with E-state index in [9.17, 15) is 9.59 Å². The lowest BCUT2D eigenvalue weighted by atomic mass is 10.2. The van der Waals surface area contributed by atoms with E-state index in [2.05, 4.69) is 16.1 Å². The van der Waals surface area contributed by atoms with Crippen molar-refractivity contribution >= 4 is 11.9 Å². The van der Waals surface area contributed by atoms with Crippen molar-refractivity contribution in [3.05, 3.63) is 0 Å². The predicted octanol–water partition coefficient (Wildman–Crippen LogP) is -2.21. The summed E-state index contributed by atoms with van der Waals surface area (Å²) < 4.78 is 0. The average Bonchev–Trinajstić information content (AvgIpc) is 2.04. The van der Waals surface area contributed by atoms with Gasteiger partial charge in [0.2, 0.25) is 5.91 Å². The third-order valence-electron chi connectivity index (χ3n) is 1.31. The minimum absolute atomic E-state index is 0.172. The molecule has 0 heterocycles. The zero-order valence-electron chi connectivity index (χ0n) is 7.03. The molecule has 7 heteroatoms. The zero-order chi connectivity index (χ0) is 10.3. The van der Waals surface area contributed by atoms with Crippen molar-refractivity contribution in [2.45, 2.75) is 12.5 Å². The summed E-state index contributed by atoms with van der Waals surface area (Å²) in [6.45, 7) is -0.0576. The maximum atomic E-state index is 10.7.